The first kappa shape index (κ1) is 20.5. The minimum absolute atomic E-state index is 0. The van der Waals surface area contributed by atoms with Crippen molar-refractivity contribution in [3.8, 4) is 5.75 Å². The van der Waals surface area contributed by atoms with Crippen LogP contribution in [0.25, 0.3) is 0 Å². The van der Waals surface area contributed by atoms with Crippen LogP contribution in [0.3, 0.4) is 0 Å². The van der Waals surface area contributed by atoms with E-state index in [0.717, 1.165) is 37.5 Å². The molecule has 1 N–H and O–H groups in total. The molecule has 1 heterocycles. The number of nitrogens with zero attached hydrogens (tertiary/aromatic N) is 1. The van der Waals surface area contributed by atoms with Gasteiger partial charge in [0.05, 0.1) is 12.1 Å². The largest absolute Gasteiger partial charge is 0.491 e. The summed E-state index contributed by atoms with van der Waals surface area (Å²) in [5, 5.41) is 3.29. The maximum atomic E-state index is 13.3. The van der Waals surface area contributed by atoms with Crippen molar-refractivity contribution in [3.63, 3.8) is 0 Å². The molecule has 0 unspecified atom stereocenters. The molecule has 0 aliphatic carbocycles. The third kappa shape index (κ3) is 5.99. The summed E-state index contributed by atoms with van der Waals surface area (Å²) >= 11 is 0. The summed E-state index contributed by atoms with van der Waals surface area (Å²) in [6, 6.07) is 7.68. The van der Waals surface area contributed by atoms with Gasteiger partial charge in [0, 0.05) is 26.2 Å². The highest BCUT2D eigenvalue weighted by molar-refractivity contribution is 5.85. The van der Waals surface area contributed by atoms with Gasteiger partial charge in [-0.3, -0.25) is 4.90 Å². The average molecular weight is 339 g/mol. The molecule has 0 amide bonds. The van der Waals surface area contributed by atoms with Crippen LogP contribution < -0.4 is 10.1 Å². The lowest BCUT2D eigenvalue weighted by atomic mass is 10.1. The molecule has 122 valence electrons. The van der Waals surface area contributed by atoms with Gasteiger partial charge < -0.3 is 10.1 Å². The van der Waals surface area contributed by atoms with Crippen molar-refractivity contribution in [2.24, 2.45) is 0 Å². The molecule has 0 aromatic heterocycles. The average Bonchev–Trinajstić information content (AvgIpc) is 2.42. The molecule has 0 saturated carbocycles. The van der Waals surface area contributed by atoms with Crippen LogP contribution >= 0.6 is 24.8 Å². The first-order valence-corrected chi connectivity index (χ1v) is 6.98. The lowest BCUT2D eigenvalue weighted by Crippen LogP contribution is -2.45. The van der Waals surface area contributed by atoms with E-state index in [9.17, 15) is 4.39 Å². The Morgan fingerprint density at radius 3 is 2.19 bits per heavy atom. The Balaban J connectivity index is 0.00000200. The van der Waals surface area contributed by atoms with Gasteiger partial charge in [-0.15, -0.1) is 24.8 Å². The summed E-state index contributed by atoms with van der Waals surface area (Å²) in [6.45, 7) is 7.33. The van der Waals surface area contributed by atoms with Crippen LogP contribution in [0, 0.1) is 0 Å². The van der Waals surface area contributed by atoms with Crippen molar-refractivity contribution in [1.82, 2.24) is 10.2 Å². The van der Waals surface area contributed by atoms with Crippen molar-refractivity contribution in [1.29, 1.82) is 0 Å². The Hall–Kier alpha value is -0.550. The number of hydrogen-bond donors (Lipinski definition) is 1. The van der Waals surface area contributed by atoms with Crippen LogP contribution in [0.4, 0.5) is 4.39 Å². The second-order valence-electron chi connectivity index (χ2n) is 5.19. The predicted octanol–water partition coefficient (Wildman–Crippen LogP) is 3.23. The minimum Gasteiger partial charge on any atom is -0.491 e. The number of rotatable bonds is 5. The predicted molar refractivity (Wildman–Crippen MR) is 89.9 cm³/mol. The molecule has 1 aromatic rings. The Kier molecular flexibility index (Phi) is 9.95. The Morgan fingerprint density at radius 1 is 1.14 bits per heavy atom. The molecule has 0 bridgehead atoms. The third-order valence-corrected chi connectivity index (χ3v) is 3.38. The Bertz CT molecular complexity index is 384. The zero-order valence-electron chi connectivity index (χ0n) is 12.5. The molecule has 21 heavy (non-hydrogen) atoms. The smallest absolute Gasteiger partial charge is 0.119 e. The lowest BCUT2D eigenvalue weighted by molar-refractivity contribution is 0.147. The van der Waals surface area contributed by atoms with Crippen LogP contribution in [0.5, 0.6) is 5.75 Å². The van der Waals surface area contributed by atoms with Gasteiger partial charge >= 0.3 is 0 Å². The number of alkyl halides is 1. The molecule has 1 fully saturated rings. The standard InChI is InChI=1S/C15H23FN2O.2ClH/c1-12(2)19-14-5-3-13(4-6-14)15(11-16)18-9-7-17-8-10-18;;/h3-6,12,15,17H,7-11H2,1-2H3;2*1H/t15-;;/m1../s1. The number of nitrogens with one attached hydrogen (secondary N) is 1. The maximum Gasteiger partial charge on any atom is 0.119 e. The second kappa shape index (κ2) is 10.2. The number of ether oxygens (including phenoxy) is 1. The first-order chi connectivity index (χ1) is 9.20. The summed E-state index contributed by atoms with van der Waals surface area (Å²) in [4.78, 5) is 2.20. The molecule has 1 atom stereocenters. The minimum atomic E-state index is -0.343. The van der Waals surface area contributed by atoms with E-state index in [-0.39, 0.29) is 43.6 Å². The van der Waals surface area contributed by atoms with E-state index in [0.29, 0.717) is 0 Å². The zero-order chi connectivity index (χ0) is 13.7. The molecule has 3 nitrogen and oxygen atoms in total. The fourth-order valence-electron chi connectivity index (χ4n) is 2.43. The lowest BCUT2D eigenvalue weighted by Gasteiger charge is -2.33. The SMILES string of the molecule is CC(C)Oc1ccc([C@@H](CF)N2CCNCC2)cc1.Cl.Cl. The molecule has 0 spiro atoms. The van der Waals surface area contributed by atoms with Crippen molar-refractivity contribution >= 4 is 24.8 Å². The summed E-state index contributed by atoms with van der Waals surface area (Å²) in [5.74, 6) is 0.844. The van der Waals surface area contributed by atoms with Crippen molar-refractivity contribution in [3.05, 3.63) is 29.8 Å². The second-order valence-corrected chi connectivity index (χ2v) is 5.19. The van der Waals surface area contributed by atoms with Gasteiger partial charge in [0.2, 0.25) is 0 Å². The fraction of sp³-hybridized carbons (Fsp3) is 0.600. The summed E-state index contributed by atoms with van der Waals surface area (Å²) in [6.07, 6.45) is 0.163. The van der Waals surface area contributed by atoms with Gasteiger partial charge in [-0.2, -0.15) is 0 Å². The van der Waals surface area contributed by atoms with Gasteiger partial charge in [0.25, 0.3) is 0 Å². The van der Waals surface area contributed by atoms with Gasteiger partial charge in [-0.05, 0) is 31.5 Å². The molecule has 1 aliphatic heterocycles. The highest BCUT2D eigenvalue weighted by Crippen LogP contribution is 2.24. The summed E-state index contributed by atoms with van der Waals surface area (Å²) in [7, 11) is 0. The van der Waals surface area contributed by atoms with Crippen molar-refractivity contribution < 1.29 is 9.13 Å². The van der Waals surface area contributed by atoms with Crippen LogP contribution in [0.1, 0.15) is 25.5 Å². The van der Waals surface area contributed by atoms with E-state index in [4.69, 9.17) is 4.74 Å². The zero-order valence-corrected chi connectivity index (χ0v) is 14.2. The normalized spacial score (nSPS) is 16.8. The van der Waals surface area contributed by atoms with E-state index in [1.807, 2.05) is 38.1 Å². The molecular formula is C15H25Cl2FN2O. The highest BCUT2D eigenvalue weighted by Gasteiger charge is 2.21. The quantitative estimate of drug-likeness (QED) is 0.891. The number of halogens is 3. The van der Waals surface area contributed by atoms with E-state index in [1.54, 1.807) is 0 Å². The van der Waals surface area contributed by atoms with Gasteiger partial charge in [0.1, 0.15) is 12.4 Å². The molecule has 2 rings (SSSR count). The van der Waals surface area contributed by atoms with Crippen LogP contribution in [0.15, 0.2) is 24.3 Å². The van der Waals surface area contributed by atoms with E-state index in [1.165, 1.54) is 0 Å². The molecule has 0 radical (unpaired) electrons. The van der Waals surface area contributed by atoms with Crippen molar-refractivity contribution in [2.45, 2.75) is 26.0 Å². The number of piperazine rings is 1. The molecule has 1 aliphatic rings. The van der Waals surface area contributed by atoms with Crippen molar-refractivity contribution in [2.75, 3.05) is 32.9 Å². The highest BCUT2D eigenvalue weighted by atomic mass is 35.5. The fourth-order valence-corrected chi connectivity index (χ4v) is 2.43. The molecule has 6 heteroatoms. The van der Waals surface area contributed by atoms with E-state index < -0.39 is 0 Å². The van der Waals surface area contributed by atoms with Crippen LogP contribution in [-0.4, -0.2) is 43.9 Å². The van der Waals surface area contributed by atoms with Gasteiger partial charge in [-0.1, -0.05) is 12.1 Å². The summed E-state index contributed by atoms with van der Waals surface area (Å²) in [5.41, 5.74) is 1.03. The maximum absolute atomic E-state index is 13.3. The Morgan fingerprint density at radius 2 is 1.71 bits per heavy atom. The summed E-state index contributed by atoms with van der Waals surface area (Å²) < 4.78 is 19.0. The monoisotopic (exact) mass is 338 g/mol. The van der Waals surface area contributed by atoms with Crippen LogP contribution in [0.2, 0.25) is 0 Å². The third-order valence-electron chi connectivity index (χ3n) is 3.38. The van der Waals surface area contributed by atoms with E-state index >= 15 is 0 Å². The molecule has 1 aromatic carbocycles. The molecule has 1 saturated heterocycles. The number of hydrogen-bond acceptors (Lipinski definition) is 3. The Labute approximate surface area is 139 Å². The first-order valence-electron chi connectivity index (χ1n) is 6.98. The van der Waals surface area contributed by atoms with Gasteiger partial charge in [-0.25, -0.2) is 4.39 Å². The number of benzene rings is 1. The van der Waals surface area contributed by atoms with Crippen LogP contribution in [-0.2, 0) is 0 Å². The molecular weight excluding hydrogens is 314 g/mol. The van der Waals surface area contributed by atoms with Gasteiger partial charge in [0.15, 0.2) is 0 Å². The van der Waals surface area contributed by atoms with E-state index in [2.05, 4.69) is 10.2 Å². The topological polar surface area (TPSA) is 24.5 Å².